The van der Waals surface area contributed by atoms with Crippen molar-refractivity contribution in [1.82, 2.24) is 5.32 Å². The number of phosphoric ester groups is 1. The molecule has 1 N–H and O–H groups in total. The van der Waals surface area contributed by atoms with E-state index in [1.807, 2.05) is 33.3 Å². The van der Waals surface area contributed by atoms with Crippen molar-refractivity contribution in [2.75, 3.05) is 40.9 Å². The van der Waals surface area contributed by atoms with Crippen LogP contribution in [0.15, 0.2) is 72.9 Å². The minimum Gasteiger partial charge on any atom is -0.756 e. The molecule has 1 amide bonds. The molecule has 484 valence electrons. The number of carbonyl (C=O) groups excluding carboxylic acids is 2. The van der Waals surface area contributed by atoms with Crippen LogP contribution in [-0.4, -0.2) is 69.4 Å². The van der Waals surface area contributed by atoms with E-state index in [-0.39, 0.29) is 31.5 Å². The van der Waals surface area contributed by atoms with Gasteiger partial charge in [0, 0.05) is 12.8 Å². The quantitative estimate of drug-likeness (QED) is 0.0212. The number of rotatable bonds is 64. The van der Waals surface area contributed by atoms with Crippen molar-refractivity contribution < 1.29 is 37.3 Å². The Labute approximate surface area is 514 Å². The second-order valence-electron chi connectivity index (χ2n) is 25.0. The number of hydrogen-bond donors (Lipinski definition) is 1. The Morgan fingerprint density at radius 1 is 0.434 bits per heavy atom. The summed E-state index contributed by atoms with van der Waals surface area (Å²) in [6.45, 7) is 6.76. The first kappa shape index (κ1) is 80.5. The van der Waals surface area contributed by atoms with Crippen LogP contribution in [0.25, 0.3) is 0 Å². The summed E-state index contributed by atoms with van der Waals surface area (Å²) in [6, 6.07) is -0.890. The first-order valence-electron chi connectivity index (χ1n) is 35.2. The normalized spacial score (nSPS) is 14.0. The SMILES string of the molecule is CC/C=C\C/C=C\C/C=C\C/C=C\C/C=C\CCCCCCCCCCCCCC(=O)OC(/C=C/CCCCCCCCCCC)C(COP(=O)([O-])OCC[N+](C)(C)C)NC(=O)CCCCCCCCCCCCCCCCCCCCC. The lowest BCUT2D eigenvalue weighted by molar-refractivity contribution is -0.870. The van der Waals surface area contributed by atoms with E-state index in [1.54, 1.807) is 0 Å². The van der Waals surface area contributed by atoms with Gasteiger partial charge < -0.3 is 28.5 Å². The van der Waals surface area contributed by atoms with E-state index in [1.165, 1.54) is 205 Å². The molecule has 0 aromatic carbocycles. The van der Waals surface area contributed by atoms with E-state index in [4.69, 9.17) is 13.8 Å². The third kappa shape index (κ3) is 63.8. The molecule has 10 heteroatoms. The summed E-state index contributed by atoms with van der Waals surface area (Å²) < 4.78 is 30.4. The first-order chi connectivity index (χ1) is 40.4. The lowest BCUT2D eigenvalue weighted by Crippen LogP contribution is -2.47. The van der Waals surface area contributed by atoms with Gasteiger partial charge in [-0.05, 0) is 76.7 Å². The van der Waals surface area contributed by atoms with Crippen LogP contribution >= 0.6 is 7.82 Å². The van der Waals surface area contributed by atoms with Crippen molar-refractivity contribution in [3.8, 4) is 0 Å². The Kier molecular flexibility index (Phi) is 60.6. The summed E-state index contributed by atoms with van der Waals surface area (Å²) in [7, 11) is 1.19. The molecule has 0 spiro atoms. The summed E-state index contributed by atoms with van der Waals surface area (Å²) in [6.07, 6.45) is 81.7. The van der Waals surface area contributed by atoms with E-state index in [0.29, 0.717) is 17.4 Å². The Bertz CT molecular complexity index is 1650. The number of amides is 1. The maximum absolute atomic E-state index is 13.6. The number of unbranched alkanes of at least 4 members (excludes halogenated alkanes) is 38. The molecule has 0 aliphatic rings. The molecule has 3 unspecified atom stereocenters. The lowest BCUT2D eigenvalue weighted by atomic mass is 10.0. The number of phosphoric acid groups is 1. The molecule has 0 radical (unpaired) electrons. The highest BCUT2D eigenvalue weighted by molar-refractivity contribution is 7.45. The molecule has 3 atom stereocenters. The highest BCUT2D eigenvalue weighted by Crippen LogP contribution is 2.38. The third-order valence-electron chi connectivity index (χ3n) is 15.7. The largest absolute Gasteiger partial charge is 0.756 e. The summed E-state index contributed by atoms with van der Waals surface area (Å²) in [4.78, 5) is 40.1. The number of ether oxygens (including phenoxy) is 1. The maximum Gasteiger partial charge on any atom is 0.306 e. The van der Waals surface area contributed by atoms with Gasteiger partial charge in [-0.3, -0.25) is 14.2 Å². The summed E-state index contributed by atoms with van der Waals surface area (Å²) in [5, 5.41) is 3.04. The molecule has 0 aliphatic carbocycles. The highest BCUT2D eigenvalue weighted by Gasteiger charge is 2.27. The fourth-order valence-electron chi connectivity index (χ4n) is 10.3. The van der Waals surface area contributed by atoms with Crippen LogP contribution in [0.2, 0.25) is 0 Å². The number of likely N-dealkylation sites (N-methyl/N-ethyl adjacent to an activating group) is 1. The Morgan fingerprint density at radius 2 is 0.771 bits per heavy atom. The van der Waals surface area contributed by atoms with E-state index < -0.39 is 20.0 Å². The van der Waals surface area contributed by atoms with Crippen LogP contribution in [0.5, 0.6) is 0 Å². The minimum absolute atomic E-state index is 0.0226. The Balaban J connectivity index is 5.00. The van der Waals surface area contributed by atoms with Gasteiger partial charge in [0.1, 0.15) is 19.3 Å². The highest BCUT2D eigenvalue weighted by atomic mass is 31.2. The zero-order valence-corrected chi connectivity index (χ0v) is 56.3. The third-order valence-corrected chi connectivity index (χ3v) is 16.6. The number of nitrogens with one attached hydrogen (secondary N) is 1. The average Bonchev–Trinajstić information content (AvgIpc) is 3.51. The smallest absolute Gasteiger partial charge is 0.306 e. The predicted molar refractivity (Wildman–Crippen MR) is 358 cm³/mol. The molecular weight excluding hydrogens is 1050 g/mol. The zero-order valence-electron chi connectivity index (χ0n) is 55.4. The van der Waals surface area contributed by atoms with Crippen molar-refractivity contribution in [3.05, 3.63) is 72.9 Å². The molecule has 0 fully saturated rings. The molecule has 83 heavy (non-hydrogen) atoms. The molecular formula is C73H135N2O7P. The van der Waals surface area contributed by atoms with Crippen molar-refractivity contribution >= 4 is 19.7 Å². The van der Waals surface area contributed by atoms with Crippen LogP contribution in [0.1, 0.15) is 329 Å². The molecule has 0 heterocycles. The average molecular weight is 1180 g/mol. The van der Waals surface area contributed by atoms with E-state index in [0.717, 1.165) is 89.9 Å². The van der Waals surface area contributed by atoms with E-state index >= 15 is 0 Å². The summed E-state index contributed by atoms with van der Waals surface area (Å²) in [5.74, 6) is -0.533. The van der Waals surface area contributed by atoms with Gasteiger partial charge in [0.15, 0.2) is 0 Å². The molecule has 9 nitrogen and oxygen atoms in total. The molecule has 0 saturated carbocycles. The van der Waals surface area contributed by atoms with Crippen molar-refractivity contribution in [1.29, 1.82) is 0 Å². The molecule has 0 saturated heterocycles. The summed E-state index contributed by atoms with van der Waals surface area (Å²) >= 11 is 0. The lowest BCUT2D eigenvalue weighted by Gasteiger charge is -2.30. The standard InChI is InChI=1S/C73H135N2O7P/c1-7-10-13-16-19-22-25-27-29-31-33-34-35-36-37-38-39-40-42-44-46-48-51-54-57-60-63-66-73(77)82-71(64-61-58-55-52-49-24-21-18-15-12-9-3)70(69-81-83(78,79)80-68-67-75(4,5)6)74-72(76)65-62-59-56-53-50-47-45-43-41-32-30-28-26-23-20-17-14-11-8-2/h10,13,19,22,27,29,33-34,36-37,61,64,70-71H,7-9,11-12,14-18,20-21,23-26,28,30-32,35,38-60,62-63,65-69H2,1-6H3,(H-,74,76,78,79)/b13-10-,22-19-,29-27-,34-33-,37-36-,64-61+. The topological polar surface area (TPSA) is 114 Å². The van der Waals surface area contributed by atoms with Gasteiger partial charge in [0.05, 0.1) is 33.8 Å². The molecule has 0 aliphatic heterocycles. The number of nitrogens with zero attached hydrogens (tertiary/aromatic N) is 1. The maximum atomic E-state index is 13.6. The Hall–Kier alpha value is -2.55. The van der Waals surface area contributed by atoms with Gasteiger partial charge in [-0.1, -0.05) is 312 Å². The van der Waals surface area contributed by atoms with Crippen LogP contribution in [0.4, 0.5) is 0 Å². The van der Waals surface area contributed by atoms with Gasteiger partial charge in [0.2, 0.25) is 5.91 Å². The fourth-order valence-corrected chi connectivity index (χ4v) is 11.0. The van der Waals surface area contributed by atoms with Crippen molar-refractivity contribution in [2.24, 2.45) is 0 Å². The van der Waals surface area contributed by atoms with Gasteiger partial charge in [-0.25, -0.2) is 0 Å². The molecule has 0 bridgehead atoms. The van der Waals surface area contributed by atoms with Crippen molar-refractivity contribution in [3.63, 3.8) is 0 Å². The fraction of sp³-hybridized carbons (Fsp3) is 0.808. The number of hydrogen-bond acceptors (Lipinski definition) is 7. The van der Waals surface area contributed by atoms with Gasteiger partial charge in [0.25, 0.3) is 7.82 Å². The second kappa shape index (κ2) is 62.5. The van der Waals surface area contributed by atoms with Crippen LogP contribution in [0, 0.1) is 0 Å². The van der Waals surface area contributed by atoms with Gasteiger partial charge in [-0.2, -0.15) is 0 Å². The number of esters is 1. The number of carbonyl (C=O) groups is 2. The van der Waals surface area contributed by atoms with Crippen LogP contribution < -0.4 is 10.2 Å². The molecule has 0 rings (SSSR count). The summed E-state index contributed by atoms with van der Waals surface area (Å²) in [5.41, 5.74) is 0. The van der Waals surface area contributed by atoms with Crippen molar-refractivity contribution in [2.45, 2.75) is 341 Å². The predicted octanol–water partition coefficient (Wildman–Crippen LogP) is 21.7. The van der Waals surface area contributed by atoms with Crippen LogP contribution in [-0.2, 0) is 27.9 Å². The molecule has 0 aromatic rings. The number of allylic oxidation sites excluding steroid dienone is 11. The monoisotopic (exact) mass is 1180 g/mol. The molecule has 0 aromatic heterocycles. The first-order valence-corrected chi connectivity index (χ1v) is 36.7. The van der Waals surface area contributed by atoms with E-state index in [2.05, 4.69) is 86.8 Å². The van der Waals surface area contributed by atoms with Crippen LogP contribution in [0.3, 0.4) is 0 Å². The Morgan fingerprint density at radius 3 is 1.16 bits per heavy atom. The van der Waals surface area contributed by atoms with Gasteiger partial charge in [-0.15, -0.1) is 0 Å². The van der Waals surface area contributed by atoms with E-state index in [9.17, 15) is 19.0 Å². The second-order valence-corrected chi connectivity index (χ2v) is 26.4. The zero-order chi connectivity index (χ0) is 60.7. The minimum atomic E-state index is -4.70. The number of quaternary nitrogens is 1. The van der Waals surface area contributed by atoms with Gasteiger partial charge >= 0.3 is 5.97 Å².